The number of nitrogens with one attached hydrogen (secondary N) is 5. The molecule has 50 heavy (non-hydrogen) atoms. The molecule has 0 saturated carbocycles. The number of para-hydroxylation sites is 1. The van der Waals surface area contributed by atoms with E-state index in [1.807, 2.05) is 13.8 Å². The molecule has 0 saturated heterocycles. The molecule has 2 unspecified atom stereocenters. The van der Waals surface area contributed by atoms with E-state index >= 15 is 0 Å². The zero-order chi connectivity index (χ0) is 36.8. The number of aliphatic hydroxyl groups excluding tert-OH is 1. The van der Waals surface area contributed by atoms with E-state index in [0.717, 1.165) is 6.07 Å². The van der Waals surface area contributed by atoms with E-state index < -0.39 is 64.7 Å². The molecule has 0 spiro atoms. The van der Waals surface area contributed by atoms with Gasteiger partial charge in [-0.3, -0.25) is 19.2 Å². The van der Waals surface area contributed by atoms with Crippen molar-refractivity contribution in [3.05, 3.63) is 70.7 Å². The average Bonchev–Trinajstić information content (AvgIpc) is 3.45. The van der Waals surface area contributed by atoms with E-state index in [1.165, 1.54) is 30.3 Å². The Morgan fingerprint density at radius 2 is 1.60 bits per heavy atom. The Morgan fingerprint density at radius 1 is 0.940 bits per heavy atom. The molecule has 5 atom stereocenters. The second kappa shape index (κ2) is 16.0. The third kappa shape index (κ3) is 8.45. The number of carbonyl (C=O) groups excluding carboxylic acids is 4. The van der Waals surface area contributed by atoms with Crippen molar-refractivity contribution < 1.29 is 41.8 Å². The van der Waals surface area contributed by atoms with Crippen LogP contribution in [-0.2, 0) is 44.6 Å². The van der Waals surface area contributed by atoms with Crippen LogP contribution in [0.2, 0.25) is 0 Å². The van der Waals surface area contributed by atoms with Gasteiger partial charge in [-0.05, 0) is 47.9 Å². The molecule has 0 aliphatic heterocycles. The number of hydrogen-bond acceptors (Lipinski definition) is 5. The number of aliphatic hydroxyl groups is 1. The van der Waals surface area contributed by atoms with Crippen LogP contribution >= 0.6 is 0 Å². The lowest BCUT2D eigenvalue weighted by Crippen LogP contribution is -2.67. The minimum atomic E-state index is -4.65. The van der Waals surface area contributed by atoms with Crippen molar-refractivity contribution in [2.75, 3.05) is 13.2 Å². The van der Waals surface area contributed by atoms with Gasteiger partial charge in [0.2, 0.25) is 23.6 Å². The summed E-state index contributed by atoms with van der Waals surface area (Å²) < 4.78 is 56.2. The third-order valence-corrected chi connectivity index (χ3v) is 9.73. The first-order chi connectivity index (χ1) is 23.6. The summed E-state index contributed by atoms with van der Waals surface area (Å²) in [5.74, 6) is -3.96. The van der Waals surface area contributed by atoms with Crippen LogP contribution in [0.15, 0.2) is 42.5 Å². The number of H-pyrrole nitrogens is 1. The van der Waals surface area contributed by atoms with Crippen molar-refractivity contribution in [2.45, 2.75) is 90.0 Å². The highest BCUT2D eigenvalue weighted by Crippen LogP contribution is 2.40. The van der Waals surface area contributed by atoms with Gasteiger partial charge >= 0.3 is 6.18 Å². The lowest BCUT2D eigenvalue weighted by molar-refractivity contribution is -0.139. The monoisotopic (exact) mass is 703 g/mol. The molecular weight excluding hydrogens is 658 g/mol. The molecule has 0 fully saturated rings. The third-order valence-electron chi connectivity index (χ3n) is 9.73. The van der Waals surface area contributed by atoms with Gasteiger partial charge in [0.15, 0.2) is 0 Å². The summed E-state index contributed by atoms with van der Waals surface area (Å²) >= 11 is 0. The molecule has 4 amide bonds. The fraction of sp³-hybridized carbons (Fsp3) is 0.500. The van der Waals surface area contributed by atoms with Crippen LogP contribution in [0.3, 0.4) is 0 Å². The first-order valence-electron chi connectivity index (χ1n) is 16.9. The minimum absolute atomic E-state index is 0.0341. The Labute approximate surface area is 288 Å². The van der Waals surface area contributed by atoms with Gasteiger partial charge < -0.3 is 31.4 Å². The van der Waals surface area contributed by atoms with E-state index in [1.54, 1.807) is 19.9 Å². The number of aromatic amines is 1. The van der Waals surface area contributed by atoms with E-state index in [2.05, 4.69) is 26.3 Å². The summed E-state index contributed by atoms with van der Waals surface area (Å²) in [6, 6.07) is 7.32. The fourth-order valence-electron chi connectivity index (χ4n) is 6.39. The van der Waals surface area contributed by atoms with Crippen LogP contribution < -0.4 is 21.3 Å². The highest BCUT2D eigenvalue weighted by molar-refractivity contribution is 5.98. The van der Waals surface area contributed by atoms with Crippen LogP contribution in [0, 0.1) is 17.7 Å². The van der Waals surface area contributed by atoms with Gasteiger partial charge in [-0.2, -0.15) is 13.2 Å². The number of benzene rings is 2. The molecule has 1 aromatic heterocycles. The van der Waals surface area contributed by atoms with Crippen molar-refractivity contribution in [1.29, 1.82) is 0 Å². The molecular formula is C36H45F4N5O5. The largest absolute Gasteiger partial charge is 0.418 e. The van der Waals surface area contributed by atoms with Gasteiger partial charge in [0.25, 0.3) is 0 Å². The molecule has 1 aliphatic rings. The minimum Gasteiger partial charge on any atom is -0.395 e. The molecule has 14 heteroatoms. The van der Waals surface area contributed by atoms with Gasteiger partial charge in [-0.15, -0.1) is 0 Å². The second-order valence-electron chi connectivity index (χ2n) is 13.1. The van der Waals surface area contributed by atoms with Crippen LogP contribution in [0.1, 0.15) is 69.3 Å². The number of hydrogen-bond donors (Lipinski definition) is 6. The predicted octanol–water partition coefficient (Wildman–Crippen LogP) is 4.08. The maximum absolute atomic E-state index is 14.4. The van der Waals surface area contributed by atoms with E-state index in [4.69, 9.17) is 0 Å². The Bertz CT molecular complexity index is 1710. The summed E-state index contributed by atoms with van der Waals surface area (Å²) in [6.07, 6.45) is -4.19. The van der Waals surface area contributed by atoms with Crippen molar-refractivity contribution in [1.82, 2.24) is 26.3 Å². The number of aromatic nitrogens is 1. The zero-order valence-electron chi connectivity index (χ0n) is 28.6. The summed E-state index contributed by atoms with van der Waals surface area (Å²) in [7, 11) is 0. The predicted molar refractivity (Wildman–Crippen MR) is 179 cm³/mol. The first-order valence-corrected chi connectivity index (χ1v) is 16.9. The lowest BCUT2D eigenvalue weighted by atomic mass is 9.78. The fourth-order valence-corrected chi connectivity index (χ4v) is 6.39. The average molecular weight is 704 g/mol. The molecule has 0 bridgehead atoms. The summed E-state index contributed by atoms with van der Waals surface area (Å²) in [6.45, 7) is 6.77. The molecule has 2 aromatic carbocycles. The van der Waals surface area contributed by atoms with E-state index in [0.29, 0.717) is 24.1 Å². The Hall–Kier alpha value is -4.46. The van der Waals surface area contributed by atoms with Crippen molar-refractivity contribution >= 4 is 34.5 Å². The SMILES string of the molecule is CCC(C)[C@H](NC(=O)Cc1ccccc1F)C(=O)N[C@]1(C(=O)NC(C(=O)NCCO)[C@@H](C)CC)CCc2[nH]c3c(C(F)(F)F)cccc3c2C1. The van der Waals surface area contributed by atoms with E-state index in [9.17, 15) is 41.8 Å². The smallest absolute Gasteiger partial charge is 0.395 e. The number of alkyl halides is 3. The molecule has 0 radical (unpaired) electrons. The second-order valence-corrected chi connectivity index (χ2v) is 13.1. The first kappa shape index (κ1) is 38.3. The summed E-state index contributed by atoms with van der Waals surface area (Å²) in [5, 5.41) is 20.4. The van der Waals surface area contributed by atoms with Gasteiger partial charge in [0, 0.05) is 24.0 Å². The van der Waals surface area contributed by atoms with Crippen molar-refractivity contribution in [2.24, 2.45) is 11.8 Å². The molecule has 1 heterocycles. The van der Waals surface area contributed by atoms with Crippen LogP contribution in [0.5, 0.6) is 0 Å². The van der Waals surface area contributed by atoms with Gasteiger partial charge in [-0.1, -0.05) is 70.9 Å². The standard InChI is InChI=1S/C36H45F4N5O5/c1-5-20(3)29(32(48)41-16-17-46)44-34(50)35(15-14-27-24(19-35)23-11-9-12-25(31(23)42-27)36(38,39)40)45-33(49)30(21(4)6-2)43-28(47)18-22-10-7-8-13-26(22)37/h7-13,20-21,29-30,42,46H,5-6,14-19H2,1-4H3,(H,41,48)(H,43,47)(H,44,50)(H,45,49)/t20-,21?,29?,30-,35+/m0/s1. The number of rotatable bonds is 14. The highest BCUT2D eigenvalue weighted by atomic mass is 19.4. The Balaban J connectivity index is 1.73. The number of amides is 4. The van der Waals surface area contributed by atoms with Gasteiger partial charge in [0.05, 0.1) is 24.1 Å². The molecule has 1 aliphatic carbocycles. The molecule has 6 N–H and O–H groups in total. The zero-order valence-corrected chi connectivity index (χ0v) is 28.6. The molecule has 10 nitrogen and oxygen atoms in total. The molecule has 272 valence electrons. The maximum Gasteiger partial charge on any atom is 0.418 e. The quantitative estimate of drug-likeness (QED) is 0.140. The number of halogens is 4. The lowest BCUT2D eigenvalue weighted by Gasteiger charge is -2.39. The van der Waals surface area contributed by atoms with Gasteiger partial charge in [0.1, 0.15) is 23.4 Å². The van der Waals surface area contributed by atoms with Crippen molar-refractivity contribution in [3.8, 4) is 0 Å². The molecule has 3 aromatic rings. The van der Waals surface area contributed by atoms with Crippen LogP contribution in [0.4, 0.5) is 17.6 Å². The van der Waals surface area contributed by atoms with Crippen LogP contribution in [-0.4, -0.2) is 64.5 Å². The number of aryl methyl sites for hydroxylation is 1. The Morgan fingerprint density at radius 3 is 2.22 bits per heavy atom. The topological polar surface area (TPSA) is 152 Å². The number of fused-ring (bicyclic) bond motifs is 3. The summed E-state index contributed by atoms with van der Waals surface area (Å²) in [5.41, 5.74) is -1.69. The Kier molecular flexibility index (Phi) is 12.3. The normalized spacial score (nSPS) is 18.3. The highest BCUT2D eigenvalue weighted by Gasteiger charge is 2.47. The molecule has 4 rings (SSSR count). The number of carbonyl (C=O) groups is 4. The maximum atomic E-state index is 14.4. The van der Waals surface area contributed by atoms with Crippen molar-refractivity contribution in [3.63, 3.8) is 0 Å². The van der Waals surface area contributed by atoms with E-state index in [-0.39, 0.29) is 61.2 Å². The van der Waals surface area contributed by atoms with Gasteiger partial charge in [-0.25, -0.2) is 4.39 Å². The van der Waals surface area contributed by atoms with Crippen LogP contribution in [0.25, 0.3) is 10.9 Å². The summed E-state index contributed by atoms with van der Waals surface area (Å²) in [4.78, 5) is 57.8.